The highest BCUT2D eigenvalue weighted by Crippen LogP contribution is 2.31. The molecule has 2 aromatic rings. The van der Waals surface area contributed by atoms with Gasteiger partial charge in [0.1, 0.15) is 11.6 Å². The summed E-state index contributed by atoms with van der Waals surface area (Å²) in [7, 11) is 0. The van der Waals surface area contributed by atoms with Gasteiger partial charge < -0.3 is 9.47 Å². The Balaban J connectivity index is 1.51. The summed E-state index contributed by atoms with van der Waals surface area (Å²) in [6, 6.07) is 1.74. The molecular weight excluding hydrogens is 347 g/mol. The lowest BCUT2D eigenvalue weighted by molar-refractivity contribution is -0.135. The Labute approximate surface area is 158 Å². The highest BCUT2D eigenvalue weighted by molar-refractivity contribution is 5.76. The van der Waals surface area contributed by atoms with Crippen LogP contribution in [0, 0.1) is 5.82 Å². The normalized spacial score (nSPS) is 20.5. The standard InChI is InChI=1S/C19H25FN6O/c1-2-18(27)25-8-4-3-5-16(25)19-23-22-17-13-24(9-10-26(17)19)12-14-6-7-21-11-15(14)20/h6-7,11,16H,2-5,8-10,12-13H2,1H3. The summed E-state index contributed by atoms with van der Waals surface area (Å²) in [6.45, 7) is 5.42. The molecule has 7 nitrogen and oxygen atoms in total. The third-order valence-corrected chi connectivity index (χ3v) is 5.53. The Hall–Kier alpha value is -2.35. The first-order valence-corrected chi connectivity index (χ1v) is 9.69. The third-order valence-electron chi connectivity index (χ3n) is 5.53. The maximum Gasteiger partial charge on any atom is 0.222 e. The molecule has 1 fully saturated rings. The Kier molecular flexibility index (Phi) is 5.15. The maximum atomic E-state index is 13.9. The van der Waals surface area contributed by atoms with E-state index in [-0.39, 0.29) is 17.8 Å². The van der Waals surface area contributed by atoms with Gasteiger partial charge in [-0.05, 0) is 25.3 Å². The molecule has 144 valence electrons. The number of carbonyl (C=O) groups is 1. The zero-order valence-corrected chi connectivity index (χ0v) is 15.6. The van der Waals surface area contributed by atoms with E-state index in [1.165, 1.54) is 6.20 Å². The summed E-state index contributed by atoms with van der Waals surface area (Å²) < 4.78 is 16.0. The summed E-state index contributed by atoms with van der Waals surface area (Å²) in [5.41, 5.74) is 0.644. The van der Waals surface area contributed by atoms with Gasteiger partial charge in [0.2, 0.25) is 5.91 Å². The van der Waals surface area contributed by atoms with Crippen LogP contribution in [-0.2, 0) is 24.4 Å². The van der Waals surface area contributed by atoms with E-state index in [4.69, 9.17) is 0 Å². The van der Waals surface area contributed by atoms with E-state index >= 15 is 0 Å². The van der Waals surface area contributed by atoms with E-state index in [0.29, 0.717) is 25.1 Å². The quantitative estimate of drug-likeness (QED) is 0.824. The summed E-state index contributed by atoms with van der Waals surface area (Å²) in [6.07, 6.45) is 6.48. The number of hydrogen-bond donors (Lipinski definition) is 0. The Morgan fingerprint density at radius 3 is 2.96 bits per heavy atom. The van der Waals surface area contributed by atoms with Gasteiger partial charge >= 0.3 is 0 Å². The van der Waals surface area contributed by atoms with Crippen molar-refractivity contribution in [2.24, 2.45) is 0 Å². The largest absolute Gasteiger partial charge is 0.332 e. The van der Waals surface area contributed by atoms with Crippen molar-refractivity contribution < 1.29 is 9.18 Å². The van der Waals surface area contributed by atoms with Crippen molar-refractivity contribution in [3.63, 3.8) is 0 Å². The van der Waals surface area contributed by atoms with Gasteiger partial charge in [-0.25, -0.2) is 4.39 Å². The van der Waals surface area contributed by atoms with E-state index in [2.05, 4.69) is 24.6 Å². The number of pyridine rings is 1. The molecule has 4 heterocycles. The van der Waals surface area contributed by atoms with Gasteiger partial charge in [0.05, 0.1) is 18.8 Å². The second-order valence-electron chi connectivity index (χ2n) is 7.26. The average molecular weight is 372 g/mol. The lowest BCUT2D eigenvalue weighted by Gasteiger charge is -2.36. The number of halogens is 1. The molecule has 0 aromatic carbocycles. The molecule has 1 atom stereocenters. The number of likely N-dealkylation sites (tertiary alicyclic amines) is 1. The molecule has 1 unspecified atom stereocenters. The van der Waals surface area contributed by atoms with Gasteiger partial charge in [0.25, 0.3) is 0 Å². The first-order chi connectivity index (χ1) is 13.2. The highest BCUT2D eigenvalue weighted by atomic mass is 19.1. The van der Waals surface area contributed by atoms with Crippen LogP contribution in [0.5, 0.6) is 0 Å². The van der Waals surface area contributed by atoms with Crippen LogP contribution in [0.4, 0.5) is 4.39 Å². The number of fused-ring (bicyclic) bond motifs is 1. The highest BCUT2D eigenvalue weighted by Gasteiger charge is 2.33. The fourth-order valence-electron chi connectivity index (χ4n) is 4.09. The molecule has 0 radical (unpaired) electrons. The predicted octanol–water partition coefficient (Wildman–Crippen LogP) is 2.29. The molecule has 0 N–H and O–H groups in total. The van der Waals surface area contributed by atoms with E-state index in [1.54, 1.807) is 12.3 Å². The van der Waals surface area contributed by atoms with Gasteiger partial charge in [-0.1, -0.05) is 6.92 Å². The van der Waals surface area contributed by atoms with Crippen molar-refractivity contribution in [1.82, 2.24) is 29.5 Å². The van der Waals surface area contributed by atoms with Gasteiger partial charge in [0, 0.05) is 44.4 Å². The average Bonchev–Trinajstić information content (AvgIpc) is 3.12. The van der Waals surface area contributed by atoms with Crippen LogP contribution in [0.3, 0.4) is 0 Å². The smallest absolute Gasteiger partial charge is 0.222 e. The van der Waals surface area contributed by atoms with Crippen molar-refractivity contribution in [3.05, 3.63) is 41.5 Å². The van der Waals surface area contributed by atoms with Crippen LogP contribution < -0.4 is 0 Å². The van der Waals surface area contributed by atoms with Crippen LogP contribution in [0.15, 0.2) is 18.5 Å². The third kappa shape index (κ3) is 3.58. The van der Waals surface area contributed by atoms with Crippen molar-refractivity contribution in [1.29, 1.82) is 0 Å². The van der Waals surface area contributed by atoms with E-state index in [0.717, 1.165) is 50.5 Å². The molecule has 1 amide bonds. The molecule has 2 aliphatic heterocycles. The number of amides is 1. The van der Waals surface area contributed by atoms with E-state index in [9.17, 15) is 9.18 Å². The Bertz CT molecular complexity index is 822. The topological polar surface area (TPSA) is 67.2 Å². The number of nitrogens with zero attached hydrogens (tertiary/aromatic N) is 6. The van der Waals surface area contributed by atoms with Gasteiger partial charge in [-0.15, -0.1) is 10.2 Å². The fourth-order valence-corrected chi connectivity index (χ4v) is 4.09. The SMILES string of the molecule is CCC(=O)N1CCCCC1c1nnc2n1CCN(Cc1ccncc1F)C2. The molecule has 1 saturated heterocycles. The molecule has 0 bridgehead atoms. The molecule has 27 heavy (non-hydrogen) atoms. The molecule has 0 aliphatic carbocycles. The monoisotopic (exact) mass is 372 g/mol. The van der Waals surface area contributed by atoms with Crippen molar-refractivity contribution in [2.75, 3.05) is 13.1 Å². The molecule has 8 heteroatoms. The number of rotatable bonds is 4. The van der Waals surface area contributed by atoms with Crippen LogP contribution in [-0.4, -0.2) is 48.5 Å². The van der Waals surface area contributed by atoms with E-state index < -0.39 is 0 Å². The van der Waals surface area contributed by atoms with Crippen molar-refractivity contribution >= 4 is 5.91 Å². The second-order valence-corrected chi connectivity index (χ2v) is 7.26. The molecule has 2 aliphatic rings. The zero-order valence-electron chi connectivity index (χ0n) is 15.6. The first kappa shape index (κ1) is 18.0. The lowest BCUT2D eigenvalue weighted by atomic mass is 10.0. The number of carbonyl (C=O) groups excluding carboxylic acids is 1. The van der Waals surface area contributed by atoms with Crippen molar-refractivity contribution in [3.8, 4) is 0 Å². The fraction of sp³-hybridized carbons (Fsp3) is 0.579. The minimum atomic E-state index is -0.277. The van der Waals surface area contributed by atoms with Crippen LogP contribution in [0.1, 0.15) is 55.9 Å². The maximum absolute atomic E-state index is 13.9. The van der Waals surface area contributed by atoms with Gasteiger partial charge in [-0.3, -0.25) is 14.7 Å². The minimum absolute atomic E-state index is 0.0247. The van der Waals surface area contributed by atoms with Crippen LogP contribution >= 0.6 is 0 Å². The molecular formula is C19H25FN6O. The van der Waals surface area contributed by atoms with Crippen molar-refractivity contribution in [2.45, 2.75) is 58.3 Å². The van der Waals surface area contributed by atoms with Crippen LogP contribution in [0.2, 0.25) is 0 Å². The Morgan fingerprint density at radius 2 is 2.15 bits per heavy atom. The predicted molar refractivity (Wildman–Crippen MR) is 96.9 cm³/mol. The first-order valence-electron chi connectivity index (χ1n) is 9.69. The summed E-state index contributed by atoms with van der Waals surface area (Å²) in [5.74, 6) is 1.70. The lowest BCUT2D eigenvalue weighted by Crippen LogP contribution is -2.40. The second kappa shape index (κ2) is 7.72. The summed E-state index contributed by atoms with van der Waals surface area (Å²) in [4.78, 5) is 20.3. The summed E-state index contributed by atoms with van der Waals surface area (Å²) in [5, 5.41) is 8.85. The molecule has 0 spiro atoms. The van der Waals surface area contributed by atoms with Crippen LogP contribution in [0.25, 0.3) is 0 Å². The zero-order chi connectivity index (χ0) is 18.8. The van der Waals surface area contributed by atoms with Gasteiger partial charge in [-0.2, -0.15) is 0 Å². The number of hydrogen-bond acceptors (Lipinski definition) is 5. The molecule has 4 rings (SSSR count). The Morgan fingerprint density at radius 1 is 1.26 bits per heavy atom. The molecule has 0 saturated carbocycles. The number of aromatic nitrogens is 4. The van der Waals surface area contributed by atoms with E-state index in [1.807, 2.05) is 11.8 Å². The number of piperidine rings is 1. The minimum Gasteiger partial charge on any atom is -0.332 e. The molecule has 2 aromatic heterocycles. The summed E-state index contributed by atoms with van der Waals surface area (Å²) >= 11 is 0. The van der Waals surface area contributed by atoms with Gasteiger partial charge in [0.15, 0.2) is 5.82 Å².